The maximum Gasteiger partial charge on any atom is 0.143 e. The van der Waals surface area contributed by atoms with E-state index in [1.165, 1.54) is 32.7 Å². The number of hydrogen-bond acceptors (Lipinski definition) is 3. The summed E-state index contributed by atoms with van der Waals surface area (Å²) in [6, 6.07) is 71.5. The Bertz CT molecular complexity index is 3520. The van der Waals surface area contributed by atoms with Gasteiger partial charge in [-0.25, -0.2) is 0 Å². The first-order chi connectivity index (χ1) is 28.2. The van der Waals surface area contributed by atoms with Gasteiger partial charge in [0, 0.05) is 32.9 Å². The molecule has 0 aliphatic carbocycles. The van der Waals surface area contributed by atoms with Gasteiger partial charge in [-0.2, -0.15) is 0 Å². The Labute approximate surface area is 328 Å². The molecule has 0 fully saturated rings. The fourth-order valence-corrected chi connectivity index (χ4v) is 8.96. The molecule has 0 aliphatic heterocycles. The van der Waals surface area contributed by atoms with Crippen molar-refractivity contribution in [1.82, 2.24) is 0 Å². The Balaban J connectivity index is 1.08. The predicted molar refractivity (Wildman–Crippen MR) is 239 cm³/mol. The molecule has 0 radical (unpaired) electrons. The molecule has 0 unspecified atom stereocenters. The number of rotatable bonds is 5. The van der Waals surface area contributed by atoms with Crippen molar-refractivity contribution < 1.29 is 8.83 Å². The summed E-state index contributed by atoms with van der Waals surface area (Å²) in [7, 11) is 0. The average molecular weight is 728 g/mol. The lowest BCUT2D eigenvalue weighted by Gasteiger charge is -2.26. The van der Waals surface area contributed by atoms with E-state index in [9.17, 15) is 0 Å². The molecule has 2 heterocycles. The summed E-state index contributed by atoms with van der Waals surface area (Å²) in [5, 5.41) is 11.6. The molecule has 12 rings (SSSR count). The third kappa shape index (κ3) is 4.99. The first-order valence-corrected chi connectivity index (χ1v) is 19.4. The van der Waals surface area contributed by atoms with Crippen LogP contribution in [0.2, 0.25) is 0 Å². The number of nitrogens with zero attached hydrogens (tertiary/aromatic N) is 1. The SMILES string of the molecule is c1ccc(-c2ccc(N(c3ccc4oc5cccc(-c6ccc7c(ccc8ccccc87)c6)c5c4c3)c3cccc4oc5c6ccccc6ccc5c34)cc2)cc1. The first-order valence-electron chi connectivity index (χ1n) is 19.4. The fraction of sp³-hybridized carbons (Fsp3) is 0. The fourth-order valence-electron chi connectivity index (χ4n) is 8.96. The van der Waals surface area contributed by atoms with Gasteiger partial charge in [0.05, 0.1) is 11.1 Å². The van der Waals surface area contributed by atoms with Gasteiger partial charge in [0.2, 0.25) is 0 Å². The van der Waals surface area contributed by atoms with Crippen molar-refractivity contribution in [3.05, 3.63) is 200 Å². The monoisotopic (exact) mass is 727 g/mol. The van der Waals surface area contributed by atoms with Crippen molar-refractivity contribution in [3.63, 3.8) is 0 Å². The Hall–Kier alpha value is -7.62. The molecular formula is C54H33NO2. The Morgan fingerprint density at radius 1 is 0.316 bits per heavy atom. The highest BCUT2D eigenvalue weighted by molar-refractivity contribution is 6.20. The molecule has 12 aromatic rings. The van der Waals surface area contributed by atoms with Crippen LogP contribution in [0.1, 0.15) is 0 Å². The highest BCUT2D eigenvalue weighted by atomic mass is 16.3. The van der Waals surface area contributed by atoms with Crippen molar-refractivity contribution in [2.45, 2.75) is 0 Å². The molecule has 0 N–H and O–H groups in total. The average Bonchev–Trinajstić information content (AvgIpc) is 3.86. The number of anilines is 3. The van der Waals surface area contributed by atoms with Crippen molar-refractivity contribution in [2.75, 3.05) is 4.90 Å². The van der Waals surface area contributed by atoms with Crippen LogP contribution < -0.4 is 4.90 Å². The molecule has 0 aliphatic rings. The molecule has 0 atom stereocenters. The lowest BCUT2D eigenvalue weighted by atomic mass is 9.95. The quantitative estimate of drug-likeness (QED) is 0.165. The largest absolute Gasteiger partial charge is 0.456 e. The second kappa shape index (κ2) is 12.5. The molecule has 0 saturated heterocycles. The van der Waals surface area contributed by atoms with Gasteiger partial charge < -0.3 is 13.7 Å². The lowest BCUT2D eigenvalue weighted by Crippen LogP contribution is -2.10. The molecular weight excluding hydrogens is 695 g/mol. The van der Waals surface area contributed by atoms with E-state index in [1.54, 1.807) is 0 Å². The van der Waals surface area contributed by atoms with Crippen LogP contribution in [0.15, 0.2) is 209 Å². The van der Waals surface area contributed by atoms with Crippen molar-refractivity contribution in [1.29, 1.82) is 0 Å². The lowest BCUT2D eigenvalue weighted by molar-refractivity contribution is 0.669. The third-order valence-corrected chi connectivity index (χ3v) is 11.6. The minimum Gasteiger partial charge on any atom is -0.456 e. The Morgan fingerprint density at radius 2 is 0.947 bits per heavy atom. The smallest absolute Gasteiger partial charge is 0.143 e. The van der Waals surface area contributed by atoms with Gasteiger partial charge in [-0.05, 0) is 110 Å². The predicted octanol–water partition coefficient (Wildman–Crippen LogP) is 15.7. The minimum atomic E-state index is 0.853. The van der Waals surface area contributed by atoms with Gasteiger partial charge in [-0.1, -0.05) is 140 Å². The Kier molecular flexibility index (Phi) is 6.93. The van der Waals surface area contributed by atoms with Gasteiger partial charge in [0.1, 0.15) is 22.3 Å². The van der Waals surface area contributed by atoms with E-state index >= 15 is 0 Å². The maximum absolute atomic E-state index is 6.70. The zero-order valence-corrected chi connectivity index (χ0v) is 30.8. The van der Waals surface area contributed by atoms with E-state index in [0.29, 0.717) is 0 Å². The number of fused-ring (bicyclic) bond motifs is 11. The van der Waals surface area contributed by atoms with Gasteiger partial charge in [-0.3, -0.25) is 0 Å². The molecule has 266 valence electrons. The normalized spacial score (nSPS) is 11.9. The Morgan fingerprint density at radius 3 is 1.81 bits per heavy atom. The van der Waals surface area contributed by atoms with E-state index in [0.717, 1.165) is 82.8 Å². The van der Waals surface area contributed by atoms with Crippen LogP contribution in [0.4, 0.5) is 17.1 Å². The third-order valence-electron chi connectivity index (χ3n) is 11.6. The summed E-state index contributed by atoms with van der Waals surface area (Å²) in [4.78, 5) is 2.36. The molecule has 0 spiro atoms. The molecule has 10 aromatic carbocycles. The van der Waals surface area contributed by atoms with Gasteiger partial charge in [-0.15, -0.1) is 0 Å². The molecule has 0 bridgehead atoms. The second-order valence-corrected chi connectivity index (χ2v) is 14.8. The van der Waals surface area contributed by atoms with Crippen LogP contribution in [0.3, 0.4) is 0 Å². The summed E-state index contributed by atoms with van der Waals surface area (Å²) in [5.41, 5.74) is 11.3. The van der Waals surface area contributed by atoms with Crippen molar-refractivity contribution in [2.24, 2.45) is 0 Å². The topological polar surface area (TPSA) is 29.5 Å². The van der Waals surface area contributed by atoms with Crippen LogP contribution in [0.5, 0.6) is 0 Å². The molecule has 3 nitrogen and oxygen atoms in total. The van der Waals surface area contributed by atoms with Crippen LogP contribution in [-0.2, 0) is 0 Å². The van der Waals surface area contributed by atoms with E-state index in [2.05, 4.69) is 205 Å². The van der Waals surface area contributed by atoms with E-state index in [1.807, 2.05) is 0 Å². The van der Waals surface area contributed by atoms with Crippen LogP contribution in [-0.4, -0.2) is 0 Å². The van der Waals surface area contributed by atoms with E-state index < -0.39 is 0 Å². The van der Waals surface area contributed by atoms with Crippen LogP contribution in [0.25, 0.3) is 98.4 Å². The number of benzene rings is 10. The van der Waals surface area contributed by atoms with Crippen LogP contribution >= 0.6 is 0 Å². The van der Waals surface area contributed by atoms with E-state index in [-0.39, 0.29) is 0 Å². The summed E-state index contributed by atoms with van der Waals surface area (Å²) in [6.07, 6.45) is 0. The zero-order valence-electron chi connectivity index (χ0n) is 30.8. The highest BCUT2D eigenvalue weighted by Gasteiger charge is 2.22. The number of hydrogen-bond donors (Lipinski definition) is 0. The highest BCUT2D eigenvalue weighted by Crippen LogP contribution is 2.46. The van der Waals surface area contributed by atoms with Gasteiger partial charge in [0.15, 0.2) is 0 Å². The van der Waals surface area contributed by atoms with Crippen molar-refractivity contribution >= 4 is 93.3 Å². The molecule has 2 aromatic heterocycles. The van der Waals surface area contributed by atoms with Gasteiger partial charge >= 0.3 is 0 Å². The molecule has 0 saturated carbocycles. The second-order valence-electron chi connectivity index (χ2n) is 14.8. The summed E-state index contributed by atoms with van der Waals surface area (Å²) >= 11 is 0. The standard InChI is InChI=1S/C54H33NO2/c1-2-10-34(11-3-1)35-22-26-40(27-23-35)55(48-17-9-19-51-53(48)46-30-24-37-13-5-7-15-45(37)54(46)57-51)41-28-31-49-47(33-41)52-44(16-8-18-50(52)56-49)39-25-29-43-38(32-39)21-20-36-12-4-6-14-42(36)43/h1-33H. The molecule has 3 heteroatoms. The first kappa shape index (κ1) is 31.7. The van der Waals surface area contributed by atoms with Crippen LogP contribution in [0, 0.1) is 0 Å². The van der Waals surface area contributed by atoms with Crippen molar-refractivity contribution in [3.8, 4) is 22.3 Å². The molecule has 0 amide bonds. The summed E-state index contributed by atoms with van der Waals surface area (Å²) in [5.74, 6) is 0. The number of furan rings is 2. The molecule has 57 heavy (non-hydrogen) atoms. The minimum absolute atomic E-state index is 0.853. The summed E-state index contributed by atoms with van der Waals surface area (Å²) < 4.78 is 13.3. The van der Waals surface area contributed by atoms with Gasteiger partial charge in [0.25, 0.3) is 0 Å². The van der Waals surface area contributed by atoms with E-state index in [4.69, 9.17) is 8.83 Å². The summed E-state index contributed by atoms with van der Waals surface area (Å²) in [6.45, 7) is 0. The maximum atomic E-state index is 6.70. The zero-order chi connectivity index (χ0) is 37.5.